The first-order valence-electron chi connectivity index (χ1n) is 11.1. The molecule has 0 atom stereocenters. The Kier molecular flexibility index (Phi) is 5.49. The molecule has 0 aliphatic carbocycles. The fourth-order valence-corrected chi connectivity index (χ4v) is 4.13. The maximum atomic E-state index is 13.7. The molecule has 8 nitrogen and oxygen atoms in total. The van der Waals surface area contributed by atoms with Crippen molar-refractivity contribution in [2.75, 3.05) is 0 Å². The fraction of sp³-hybridized carbons (Fsp3) is 0.231. The van der Waals surface area contributed by atoms with Gasteiger partial charge in [-0.15, -0.1) is 0 Å². The van der Waals surface area contributed by atoms with Crippen LogP contribution >= 0.6 is 0 Å². The van der Waals surface area contributed by atoms with Crippen LogP contribution in [0, 0.1) is 13.8 Å². The highest BCUT2D eigenvalue weighted by Crippen LogP contribution is 2.28. The predicted molar refractivity (Wildman–Crippen MR) is 129 cm³/mol. The van der Waals surface area contributed by atoms with E-state index >= 15 is 0 Å². The van der Waals surface area contributed by atoms with Crippen molar-refractivity contribution in [2.45, 2.75) is 26.9 Å². The number of fused-ring (bicyclic) bond motifs is 1. The summed E-state index contributed by atoms with van der Waals surface area (Å²) >= 11 is 0. The number of nitrogens with zero attached hydrogens (tertiary/aromatic N) is 6. The Balaban J connectivity index is 1.55. The fourth-order valence-electron chi connectivity index (χ4n) is 4.13. The first kappa shape index (κ1) is 21.6. The molecule has 0 saturated carbocycles. The largest absolute Gasteiger partial charge is 0.361 e. The lowest BCUT2D eigenvalue weighted by Crippen LogP contribution is -2.32. The Bertz CT molecular complexity index is 1460. The molecule has 3 heterocycles. The zero-order valence-electron chi connectivity index (χ0n) is 19.7. The summed E-state index contributed by atoms with van der Waals surface area (Å²) in [6.45, 7) is 4.43. The summed E-state index contributed by atoms with van der Waals surface area (Å²) in [5, 5.41) is 8.72. The van der Waals surface area contributed by atoms with Crippen molar-refractivity contribution in [1.29, 1.82) is 0 Å². The van der Waals surface area contributed by atoms with E-state index in [0.717, 1.165) is 39.4 Å². The second kappa shape index (κ2) is 8.62. The molecule has 5 rings (SSSR count). The second-order valence-electron chi connectivity index (χ2n) is 8.46. The summed E-state index contributed by atoms with van der Waals surface area (Å²) in [6, 6.07) is 19.6. The number of hydrogen-bond acceptors (Lipinski definition) is 5. The highest BCUT2D eigenvalue weighted by Gasteiger charge is 2.25. The third kappa shape index (κ3) is 3.87. The van der Waals surface area contributed by atoms with E-state index in [2.05, 4.69) is 10.3 Å². The summed E-state index contributed by atoms with van der Waals surface area (Å²) in [5.74, 6) is 1.30. The number of benzene rings is 2. The van der Waals surface area contributed by atoms with Gasteiger partial charge in [-0.2, -0.15) is 5.10 Å². The molecule has 0 aliphatic heterocycles. The number of para-hydroxylation sites is 2. The van der Waals surface area contributed by atoms with Gasteiger partial charge in [-0.3, -0.25) is 9.48 Å². The molecular weight excluding hydrogens is 428 g/mol. The van der Waals surface area contributed by atoms with E-state index in [4.69, 9.17) is 9.51 Å². The van der Waals surface area contributed by atoms with Crippen LogP contribution in [0.15, 0.2) is 65.2 Å². The lowest BCUT2D eigenvalue weighted by Gasteiger charge is -2.22. The number of carbonyl (C=O) groups is 1. The first-order chi connectivity index (χ1) is 16.4. The number of aryl methyl sites for hydroxylation is 4. The van der Waals surface area contributed by atoms with Gasteiger partial charge in [0.1, 0.15) is 17.3 Å². The molecule has 2 aromatic carbocycles. The van der Waals surface area contributed by atoms with Crippen LogP contribution in [0.1, 0.15) is 33.3 Å². The average molecular weight is 455 g/mol. The van der Waals surface area contributed by atoms with Crippen LogP contribution in [0.2, 0.25) is 0 Å². The third-order valence-electron chi connectivity index (χ3n) is 6.21. The molecule has 34 heavy (non-hydrogen) atoms. The Morgan fingerprint density at radius 1 is 1.00 bits per heavy atom. The topological polar surface area (TPSA) is 82.0 Å². The lowest BCUT2D eigenvalue weighted by molar-refractivity contribution is 0.0717. The smallest absolute Gasteiger partial charge is 0.275 e. The van der Waals surface area contributed by atoms with Crippen molar-refractivity contribution in [3.05, 3.63) is 89.2 Å². The van der Waals surface area contributed by atoms with Crippen molar-refractivity contribution >= 4 is 16.9 Å². The predicted octanol–water partition coefficient (Wildman–Crippen LogP) is 4.42. The normalized spacial score (nSPS) is 11.3. The molecule has 0 fully saturated rings. The number of rotatable bonds is 6. The molecule has 0 N–H and O–H groups in total. The van der Waals surface area contributed by atoms with Gasteiger partial charge in [0.05, 0.1) is 24.1 Å². The van der Waals surface area contributed by atoms with Crippen LogP contribution in [-0.4, -0.2) is 35.3 Å². The first-order valence-corrected chi connectivity index (χ1v) is 11.1. The highest BCUT2D eigenvalue weighted by molar-refractivity contribution is 5.92. The van der Waals surface area contributed by atoms with Crippen molar-refractivity contribution in [3.8, 4) is 11.3 Å². The van der Waals surface area contributed by atoms with Gasteiger partial charge in [-0.1, -0.05) is 47.6 Å². The van der Waals surface area contributed by atoms with Crippen LogP contribution in [-0.2, 0) is 27.2 Å². The van der Waals surface area contributed by atoms with E-state index in [0.29, 0.717) is 24.5 Å². The van der Waals surface area contributed by atoms with Gasteiger partial charge in [-0.05, 0) is 32.0 Å². The second-order valence-corrected chi connectivity index (χ2v) is 8.46. The van der Waals surface area contributed by atoms with Gasteiger partial charge in [0, 0.05) is 30.9 Å². The molecule has 172 valence electrons. The highest BCUT2D eigenvalue weighted by atomic mass is 16.5. The molecule has 3 aromatic heterocycles. The Morgan fingerprint density at radius 3 is 2.44 bits per heavy atom. The zero-order valence-corrected chi connectivity index (χ0v) is 19.7. The minimum Gasteiger partial charge on any atom is -0.361 e. The van der Waals surface area contributed by atoms with Crippen molar-refractivity contribution in [2.24, 2.45) is 14.1 Å². The van der Waals surface area contributed by atoms with Gasteiger partial charge < -0.3 is 14.0 Å². The molecule has 0 unspecified atom stereocenters. The van der Waals surface area contributed by atoms with Gasteiger partial charge in [-0.25, -0.2) is 4.98 Å². The van der Waals surface area contributed by atoms with E-state index in [9.17, 15) is 4.79 Å². The van der Waals surface area contributed by atoms with Crippen molar-refractivity contribution in [1.82, 2.24) is 29.4 Å². The quantitative estimate of drug-likeness (QED) is 0.379. The molecule has 8 heteroatoms. The summed E-state index contributed by atoms with van der Waals surface area (Å²) in [4.78, 5) is 20.2. The van der Waals surface area contributed by atoms with E-state index in [1.54, 1.807) is 9.58 Å². The number of carbonyl (C=O) groups excluding carboxylic acids is 1. The summed E-state index contributed by atoms with van der Waals surface area (Å²) in [7, 11) is 3.80. The molecule has 0 saturated heterocycles. The van der Waals surface area contributed by atoms with E-state index < -0.39 is 0 Å². The number of hydrogen-bond donors (Lipinski definition) is 0. The van der Waals surface area contributed by atoms with Crippen LogP contribution in [0.25, 0.3) is 22.3 Å². The minimum absolute atomic E-state index is 0.171. The van der Waals surface area contributed by atoms with E-state index in [1.807, 2.05) is 93.2 Å². The van der Waals surface area contributed by atoms with Crippen LogP contribution < -0.4 is 0 Å². The summed E-state index contributed by atoms with van der Waals surface area (Å²) < 4.78 is 9.29. The van der Waals surface area contributed by atoms with Gasteiger partial charge in [0.25, 0.3) is 5.91 Å². The number of amides is 1. The zero-order chi connectivity index (χ0) is 23.8. The molecule has 0 aliphatic rings. The van der Waals surface area contributed by atoms with Crippen molar-refractivity contribution < 1.29 is 9.32 Å². The summed E-state index contributed by atoms with van der Waals surface area (Å²) in [5.41, 5.74) is 5.77. The van der Waals surface area contributed by atoms with Crippen LogP contribution in [0.4, 0.5) is 0 Å². The number of aromatic nitrogens is 5. The molecule has 0 radical (unpaired) electrons. The Labute approximate surface area is 197 Å². The molecule has 0 spiro atoms. The number of imidazole rings is 1. The van der Waals surface area contributed by atoms with Gasteiger partial charge >= 0.3 is 0 Å². The molecule has 0 bridgehead atoms. The third-order valence-corrected chi connectivity index (χ3v) is 6.21. The van der Waals surface area contributed by atoms with Gasteiger partial charge in [0.2, 0.25) is 0 Å². The van der Waals surface area contributed by atoms with Crippen molar-refractivity contribution in [3.63, 3.8) is 0 Å². The van der Waals surface area contributed by atoms with Crippen LogP contribution in [0.5, 0.6) is 0 Å². The summed E-state index contributed by atoms with van der Waals surface area (Å²) in [6.07, 6.45) is 0. The van der Waals surface area contributed by atoms with Crippen LogP contribution in [0.3, 0.4) is 0 Å². The monoisotopic (exact) mass is 454 g/mol. The standard InChI is InChI=1S/C26H26N6O2/c1-17-14-22(28-31(17)4)26(33)32(16-24-27-21-12-8-9-13-23(21)30(24)3)15-20-18(2)34-29-25(20)19-10-6-5-7-11-19/h5-14H,15-16H2,1-4H3. The van der Waals surface area contributed by atoms with Gasteiger partial charge in [0.15, 0.2) is 5.69 Å². The molecule has 1 amide bonds. The maximum Gasteiger partial charge on any atom is 0.275 e. The molecule has 5 aromatic rings. The average Bonchev–Trinajstić information content (AvgIpc) is 3.49. The Morgan fingerprint density at radius 2 is 1.74 bits per heavy atom. The van der Waals surface area contributed by atoms with E-state index in [-0.39, 0.29) is 5.91 Å². The lowest BCUT2D eigenvalue weighted by atomic mass is 10.1. The van der Waals surface area contributed by atoms with E-state index in [1.165, 1.54) is 0 Å². The minimum atomic E-state index is -0.171. The Hall–Kier alpha value is -4.20. The maximum absolute atomic E-state index is 13.7. The molecular formula is C26H26N6O2. The SMILES string of the molecule is Cc1onc(-c2ccccc2)c1CN(Cc1nc2ccccc2n1C)C(=O)c1cc(C)n(C)n1.